The number of nitrogens with zero attached hydrogens (tertiary/aromatic N) is 2. The summed E-state index contributed by atoms with van der Waals surface area (Å²) in [7, 11) is 0. The van der Waals surface area contributed by atoms with E-state index >= 15 is 0 Å². The number of piperidine rings is 1. The van der Waals surface area contributed by atoms with Gasteiger partial charge in [-0.3, -0.25) is 14.7 Å². The highest BCUT2D eigenvalue weighted by Gasteiger charge is 2.41. The average Bonchev–Trinajstić information content (AvgIpc) is 3.22. The van der Waals surface area contributed by atoms with Crippen LogP contribution in [0.3, 0.4) is 0 Å². The number of carbonyl (C=O) groups is 1. The second kappa shape index (κ2) is 7.30. The third-order valence-electron chi connectivity index (χ3n) is 6.53. The molecule has 2 fully saturated rings. The van der Waals surface area contributed by atoms with E-state index in [1.54, 1.807) is 6.20 Å². The number of aromatic nitrogens is 2. The Hall–Kier alpha value is -2.66. The molecule has 4 heterocycles. The lowest BCUT2D eigenvalue weighted by atomic mass is 9.95. The summed E-state index contributed by atoms with van der Waals surface area (Å²) in [6.07, 6.45) is 8.06. The van der Waals surface area contributed by atoms with Crippen LogP contribution in [0.2, 0.25) is 0 Å². The second-order valence-corrected chi connectivity index (χ2v) is 8.83. The topological polar surface area (TPSA) is 61.0 Å². The summed E-state index contributed by atoms with van der Waals surface area (Å²) in [5.41, 5.74) is 6.50. The smallest absolute Gasteiger partial charge is 0.253 e. The fourth-order valence-electron chi connectivity index (χ4n) is 5.35. The molecule has 29 heavy (non-hydrogen) atoms. The van der Waals surface area contributed by atoms with Crippen molar-refractivity contribution in [1.29, 1.82) is 0 Å². The van der Waals surface area contributed by atoms with Gasteiger partial charge >= 0.3 is 0 Å². The normalized spacial score (nSPS) is 24.1. The summed E-state index contributed by atoms with van der Waals surface area (Å²) in [6, 6.07) is 12.0. The number of fused-ring (bicyclic) bond motifs is 3. The van der Waals surface area contributed by atoms with Gasteiger partial charge in [-0.25, -0.2) is 0 Å². The van der Waals surface area contributed by atoms with Gasteiger partial charge in [0.2, 0.25) is 0 Å². The SMILES string of the molecule is Cc1cc(C)cc(CN2C3CCC2CC(NC(=O)c2cnc4cc[nH]c4c2)C3)c1. The number of carbonyl (C=O) groups excluding carboxylic acids is 1. The van der Waals surface area contributed by atoms with Crippen LogP contribution >= 0.6 is 0 Å². The van der Waals surface area contributed by atoms with Crippen molar-refractivity contribution >= 4 is 16.9 Å². The third-order valence-corrected chi connectivity index (χ3v) is 6.53. The number of amides is 1. The van der Waals surface area contributed by atoms with Crippen LogP contribution in [0, 0.1) is 13.8 Å². The summed E-state index contributed by atoms with van der Waals surface area (Å²) < 4.78 is 0. The van der Waals surface area contributed by atoms with Gasteiger partial charge in [0.25, 0.3) is 5.91 Å². The minimum absolute atomic E-state index is 0.0128. The van der Waals surface area contributed by atoms with Gasteiger partial charge in [-0.2, -0.15) is 0 Å². The van der Waals surface area contributed by atoms with Crippen molar-refractivity contribution in [3.8, 4) is 0 Å². The van der Waals surface area contributed by atoms with Crippen molar-refractivity contribution in [2.75, 3.05) is 0 Å². The lowest BCUT2D eigenvalue weighted by Gasteiger charge is -2.39. The van der Waals surface area contributed by atoms with Gasteiger partial charge in [-0.05, 0) is 57.2 Å². The van der Waals surface area contributed by atoms with Gasteiger partial charge in [0.05, 0.1) is 16.6 Å². The van der Waals surface area contributed by atoms with E-state index in [0.29, 0.717) is 17.6 Å². The molecule has 2 unspecified atom stereocenters. The summed E-state index contributed by atoms with van der Waals surface area (Å²) in [5.74, 6) is -0.0128. The molecule has 0 radical (unpaired) electrons. The molecule has 5 rings (SSSR count). The zero-order chi connectivity index (χ0) is 20.0. The number of nitrogens with one attached hydrogen (secondary N) is 2. The van der Waals surface area contributed by atoms with Gasteiger partial charge < -0.3 is 10.3 Å². The van der Waals surface area contributed by atoms with Crippen molar-refractivity contribution in [3.63, 3.8) is 0 Å². The fourth-order valence-corrected chi connectivity index (χ4v) is 5.35. The number of pyridine rings is 1. The van der Waals surface area contributed by atoms with Crippen LogP contribution in [-0.4, -0.2) is 38.9 Å². The van der Waals surface area contributed by atoms with Crippen LogP contribution in [0.5, 0.6) is 0 Å². The summed E-state index contributed by atoms with van der Waals surface area (Å²) >= 11 is 0. The molecule has 3 aromatic rings. The molecule has 2 saturated heterocycles. The molecule has 5 nitrogen and oxygen atoms in total. The van der Waals surface area contributed by atoms with Crippen molar-refractivity contribution in [3.05, 3.63) is 65.0 Å². The Morgan fingerprint density at radius 2 is 1.86 bits per heavy atom. The van der Waals surface area contributed by atoms with E-state index in [-0.39, 0.29) is 11.9 Å². The molecule has 2 aromatic heterocycles. The number of aromatic amines is 1. The van der Waals surface area contributed by atoms with Crippen LogP contribution in [0.4, 0.5) is 0 Å². The Kier molecular flexibility index (Phi) is 4.63. The van der Waals surface area contributed by atoms with E-state index in [9.17, 15) is 4.79 Å². The molecular weight excluding hydrogens is 360 g/mol. The lowest BCUT2D eigenvalue weighted by Crippen LogP contribution is -2.50. The first-order valence-corrected chi connectivity index (χ1v) is 10.6. The predicted octanol–water partition coefficient (Wildman–Crippen LogP) is 4.11. The number of H-pyrrole nitrogens is 1. The van der Waals surface area contributed by atoms with Gasteiger partial charge in [0.15, 0.2) is 0 Å². The van der Waals surface area contributed by atoms with Crippen LogP contribution in [0.25, 0.3) is 11.0 Å². The molecule has 2 N–H and O–H groups in total. The van der Waals surface area contributed by atoms with Crippen LogP contribution in [0.1, 0.15) is 52.7 Å². The maximum atomic E-state index is 12.8. The number of benzene rings is 1. The molecule has 1 amide bonds. The quantitative estimate of drug-likeness (QED) is 0.707. The van der Waals surface area contributed by atoms with Gasteiger partial charge in [-0.15, -0.1) is 0 Å². The highest BCUT2D eigenvalue weighted by molar-refractivity contribution is 5.96. The standard InChI is InChI=1S/C24H28N4O/c1-15-7-16(2)9-17(8-15)14-28-20-3-4-21(28)12-19(11-20)27-24(29)18-10-23-22(26-13-18)5-6-25-23/h5-10,13,19-21,25H,3-4,11-12,14H2,1-2H3,(H,27,29). The molecule has 5 heteroatoms. The lowest BCUT2D eigenvalue weighted by molar-refractivity contribution is 0.0827. The highest BCUT2D eigenvalue weighted by Crippen LogP contribution is 2.37. The first-order valence-electron chi connectivity index (χ1n) is 10.6. The Morgan fingerprint density at radius 1 is 1.14 bits per heavy atom. The monoisotopic (exact) mass is 388 g/mol. The minimum Gasteiger partial charge on any atom is -0.360 e. The molecule has 2 aliphatic rings. The van der Waals surface area contributed by atoms with Gasteiger partial charge in [0, 0.05) is 37.1 Å². The molecular formula is C24H28N4O. The average molecular weight is 389 g/mol. The number of aryl methyl sites for hydroxylation is 2. The van der Waals surface area contributed by atoms with Crippen molar-refractivity contribution < 1.29 is 4.79 Å². The zero-order valence-electron chi connectivity index (χ0n) is 17.1. The maximum Gasteiger partial charge on any atom is 0.253 e. The molecule has 2 aliphatic heterocycles. The van der Waals surface area contributed by atoms with Crippen molar-refractivity contribution in [1.82, 2.24) is 20.2 Å². The molecule has 0 saturated carbocycles. The number of hydrogen-bond acceptors (Lipinski definition) is 3. The summed E-state index contributed by atoms with van der Waals surface area (Å²) in [6.45, 7) is 5.37. The molecule has 0 spiro atoms. The number of hydrogen-bond donors (Lipinski definition) is 2. The first kappa shape index (κ1) is 18.4. The first-order chi connectivity index (χ1) is 14.0. The largest absolute Gasteiger partial charge is 0.360 e. The summed E-state index contributed by atoms with van der Waals surface area (Å²) in [4.78, 5) is 23.0. The van der Waals surface area contributed by atoms with Gasteiger partial charge in [-0.1, -0.05) is 29.3 Å². The minimum atomic E-state index is -0.0128. The molecule has 150 valence electrons. The van der Waals surface area contributed by atoms with E-state index in [2.05, 4.69) is 52.2 Å². The third kappa shape index (κ3) is 3.67. The van der Waals surface area contributed by atoms with E-state index in [1.165, 1.54) is 29.5 Å². The van der Waals surface area contributed by atoms with Crippen LogP contribution in [0.15, 0.2) is 42.7 Å². The van der Waals surface area contributed by atoms with E-state index in [4.69, 9.17) is 0 Å². The van der Waals surface area contributed by atoms with E-state index in [1.807, 2.05) is 18.3 Å². The maximum absolute atomic E-state index is 12.8. The van der Waals surface area contributed by atoms with E-state index in [0.717, 1.165) is 30.4 Å². The predicted molar refractivity (Wildman–Crippen MR) is 115 cm³/mol. The summed E-state index contributed by atoms with van der Waals surface area (Å²) in [5, 5.41) is 3.28. The van der Waals surface area contributed by atoms with Gasteiger partial charge in [0.1, 0.15) is 0 Å². The molecule has 1 aromatic carbocycles. The molecule has 0 aliphatic carbocycles. The van der Waals surface area contributed by atoms with Crippen molar-refractivity contribution in [2.24, 2.45) is 0 Å². The Bertz CT molecular complexity index is 1020. The van der Waals surface area contributed by atoms with Crippen LogP contribution in [-0.2, 0) is 6.54 Å². The fraction of sp³-hybridized carbons (Fsp3) is 0.417. The Morgan fingerprint density at radius 3 is 2.59 bits per heavy atom. The van der Waals surface area contributed by atoms with Crippen molar-refractivity contribution in [2.45, 2.75) is 64.2 Å². The Balaban J connectivity index is 1.25. The molecule has 2 atom stereocenters. The Labute approximate surface area is 171 Å². The zero-order valence-corrected chi connectivity index (χ0v) is 17.1. The van der Waals surface area contributed by atoms with Crippen LogP contribution < -0.4 is 5.32 Å². The number of rotatable bonds is 4. The highest BCUT2D eigenvalue weighted by atomic mass is 16.1. The second-order valence-electron chi connectivity index (χ2n) is 8.83. The molecule has 2 bridgehead atoms. The van der Waals surface area contributed by atoms with E-state index < -0.39 is 0 Å².